The van der Waals surface area contributed by atoms with E-state index in [1.807, 2.05) is 72.0 Å². The third-order valence-electron chi connectivity index (χ3n) is 9.41. The molecule has 0 fully saturated rings. The molecule has 0 unspecified atom stereocenters. The molecule has 10 rings (SSSR count). The Bertz CT molecular complexity index is 2800. The monoisotopic (exact) mass is 656 g/mol. The van der Waals surface area contributed by atoms with Crippen molar-refractivity contribution in [2.75, 3.05) is 0 Å². The van der Waals surface area contributed by atoms with E-state index in [4.69, 9.17) is 15.0 Å². The largest absolute Gasteiger partial charge is 0.309 e. The van der Waals surface area contributed by atoms with E-state index in [1.165, 1.54) is 36.5 Å². The van der Waals surface area contributed by atoms with Gasteiger partial charge in [0.2, 0.25) is 0 Å². The molecule has 50 heavy (non-hydrogen) atoms. The second-order valence-corrected chi connectivity index (χ2v) is 13.6. The van der Waals surface area contributed by atoms with Crippen LogP contribution >= 0.6 is 11.3 Å². The molecule has 0 saturated carbocycles. The molecule has 0 aliphatic carbocycles. The van der Waals surface area contributed by atoms with Gasteiger partial charge in [-0.3, -0.25) is 0 Å². The van der Waals surface area contributed by atoms with Crippen LogP contribution < -0.4 is 0 Å². The Morgan fingerprint density at radius 2 is 0.880 bits per heavy atom. The standard InChI is InChI=1S/C45H28N4S/c1-4-14-29(15-5-1)32-24-33(45-47-43(30-16-6-2-7-17-30)46-44(48-45)31-18-8-3-9-19-31)26-34(25-32)49-39-22-12-10-20-35(39)37-27-38-36-21-11-13-23-41(36)50-42(38)28-40(37)49/h1-28H. The second-order valence-electron chi connectivity index (χ2n) is 12.5. The molecule has 0 saturated heterocycles. The summed E-state index contributed by atoms with van der Waals surface area (Å²) in [7, 11) is 0. The summed E-state index contributed by atoms with van der Waals surface area (Å²) in [6, 6.07) is 59.7. The quantitative estimate of drug-likeness (QED) is 0.185. The lowest BCUT2D eigenvalue weighted by atomic mass is 10.0. The molecular weight excluding hydrogens is 629 g/mol. The minimum Gasteiger partial charge on any atom is -0.309 e. The highest BCUT2D eigenvalue weighted by atomic mass is 32.1. The van der Waals surface area contributed by atoms with Gasteiger partial charge in [0.05, 0.1) is 11.0 Å². The SMILES string of the molecule is c1ccc(-c2cc(-c3nc(-c4ccccc4)nc(-c4ccccc4)n3)cc(-n3c4ccccc4c4cc5c(cc43)sc3ccccc35)c2)cc1. The Hall–Kier alpha value is -6.43. The molecule has 0 radical (unpaired) electrons. The molecule has 5 heteroatoms. The Balaban J connectivity index is 1.27. The summed E-state index contributed by atoms with van der Waals surface area (Å²) >= 11 is 1.85. The minimum absolute atomic E-state index is 0.629. The smallest absolute Gasteiger partial charge is 0.164 e. The summed E-state index contributed by atoms with van der Waals surface area (Å²) in [6.45, 7) is 0. The summed E-state index contributed by atoms with van der Waals surface area (Å²) < 4.78 is 4.99. The minimum atomic E-state index is 0.629. The molecule has 4 nitrogen and oxygen atoms in total. The first kappa shape index (κ1) is 28.6. The van der Waals surface area contributed by atoms with E-state index in [0.717, 1.165) is 39.0 Å². The molecule has 10 aromatic rings. The van der Waals surface area contributed by atoms with Crippen molar-refractivity contribution in [3.05, 3.63) is 170 Å². The van der Waals surface area contributed by atoms with E-state index in [9.17, 15) is 0 Å². The number of hydrogen-bond acceptors (Lipinski definition) is 4. The fraction of sp³-hybridized carbons (Fsp3) is 0. The van der Waals surface area contributed by atoms with Gasteiger partial charge in [0, 0.05) is 53.3 Å². The van der Waals surface area contributed by atoms with Crippen molar-refractivity contribution in [1.29, 1.82) is 0 Å². The van der Waals surface area contributed by atoms with Gasteiger partial charge in [-0.15, -0.1) is 11.3 Å². The molecule has 0 aliphatic heterocycles. The normalized spacial score (nSPS) is 11.6. The number of benzene rings is 7. The molecule has 0 spiro atoms. The van der Waals surface area contributed by atoms with Crippen LogP contribution in [0.15, 0.2) is 170 Å². The van der Waals surface area contributed by atoms with Crippen LogP contribution in [0.5, 0.6) is 0 Å². The number of thiophene rings is 1. The highest BCUT2D eigenvalue weighted by Gasteiger charge is 2.19. The Labute approximate surface area is 292 Å². The molecule has 3 heterocycles. The average Bonchev–Trinajstić information content (AvgIpc) is 3.72. The van der Waals surface area contributed by atoms with E-state index < -0.39 is 0 Å². The van der Waals surface area contributed by atoms with Crippen LogP contribution in [0, 0.1) is 0 Å². The number of aromatic nitrogens is 4. The zero-order chi connectivity index (χ0) is 33.0. The predicted molar refractivity (Wildman–Crippen MR) is 209 cm³/mol. The van der Waals surface area contributed by atoms with E-state index in [-0.39, 0.29) is 0 Å². The molecule has 0 amide bonds. The fourth-order valence-electron chi connectivity index (χ4n) is 7.07. The first-order chi connectivity index (χ1) is 24.8. The van der Waals surface area contributed by atoms with Crippen LogP contribution in [0.1, 0.15) is 0 Å². The number of fused-ring (bicyclic) bond motifs is 6. The van der Waals surface area contributed by atoms with Crippen LogP contribution in [0.3, 0.4) is 0 Å². The maximum atomic E-state index is 5.12. The van der Waals surface area contributed by atoms with Gasteiger partial charge in [0.1, 0.15) is 0 Å². The van der Waals surface area contributed by atoms with Crippen LogP contribution in [-0.2, 0) is 0 Å². The number of rotatable bonds is 5. The van der Waals surface area contributed by atoms with E-state index in [2.05, 4.69) is 114 Å². The summed E-state index contributed by atoms with van der Waals surface area (Å²) in [5.74, 6) is 1.92. The van der Waals surface area contributed by atoms with E-state index >= 15 is 0 Å². The molecular formula is C45H28N4S. The molecule has 234 valence electrons. The first-order valence-corrected chi connectivity index (χ1v) is 17.5. The Morgan fingerprint density at radius 3 is 1.56 bits per heavy atom. The molecule has 0 atom stereocenters. The van der Waals surface area contributed by atoms with Crippen molar-refractivity contribution >= 4 is 53.3 Å². The van der Waals surface area contributed by atoms with Crippen molar-refractivity contribution in [3.63, 3.8) is 0 Å². The Kier molecular flexibility index (Phi) is 6.64. The zero-order valence-electron chi connectivity index (χ0n) is 26.9. The van der Waals surface area contributed by atoms with Crippen LogP contribution in [0.4, 0.5) is 0 Å². The first-order valence-electron chi connectivity index (χ1n) is 16.7. The maximum absolute atomic E-state index is 5.12. The van der Waals surface area contributed by atoms with Crippen molar-refractivity contribution in [1.82, 2.24) is 19.5 Å². The molecule has 0 N–H and O–H groups in total. The van der Waals surface area contributed by atoms with Crippen molar-refractivity contribution in [2.45, 2.75) is 0 Å². The van der Waals surface area contributed by atoms with Gasteiger partial charge in [0.15, 0.2) is 17.5 Å². The number of hydrogen-bond donors (Lipinski definition) is 0. The molecule has 0 bridgehead atoms. The molecule has 7 aromatic carbocycles. The van der Waals surface area contributed by atoms with Crippen LogP contribution in [0.2, 0.25) is 0 Å². The van der Waals surface area contributed by atoms with Crippen LogP contribution in [-0.4, -0.2) is 19.5 Å². The van der Waals surface area contributed by atoms with Crippen LogP contribution in [0.25, 0.3) is 93.0 Å². The number of nitrogens with zero attached hydrogens (tertiary/aromatic N) is 4. The maximum Gasteiger partial charge on any atom is 0.164 e. The number of para-hydroxylation sites is 1. The predicted octanol–water partition coefficient (Wildman–Crippen LogP) is 12.0. The van der Waals surface area contributed by atoms with Gasteiger partial charge in [0.25, 0.3) is 0 Å². The third kappa shape index (κ3) is 4.79. The zero-order valence-corrected chi connectivity index (χ0v) is 27.7. The van der Waals surface area contributed by atoms with Gasteiger partial charge in [-0.2, -0.15) is 0 Å². The lowest BCUT2D eigenvalue weighted by molar-refractivity contribution is 1.07. The Morgan fingerprint density at radius 1 is 0.340 bits per heavy atom. The lowest BCUT2D eigenvalue weighted by Crippen LogP contribution is -2.01. The molecule has 0 aliphatic rings. The van der Waals surface area contributed by atoms with Gasteiger partial charge >= 0.3 is 0 Å². The summed E-state index contributed by atoms with van der Waals surface area (Å²) in [4.78, 5) is 15.2. The van der Waals surface area contributed by atoms with Gasteiger partial charge < -0.3 is 4.57 Å². The summed E-state index contributed by atoms with van der Waals surface area (Å²) in [6.07, 6.45) is 0. The second kappa shape index (κ2) is 11.6. The molecule has 3 aromatic heterocycles. The highest BCUT2D eigenvalue weighted by molar-refractivity contribution is 7.25. The summed E-state index contributed by atoms with van der Waals surface area (Å²) in [5.41, 5.74) is 8.42. The van der Waals surface area contributed by atoms with Crippen molar-refractivity contribution in [3.8, 4) is 51.0 Å². The highest BCUT2D eigenvalue weighted by Crippen LogP contribution is 2.41. The topological polar surface area (TPSA) is 43.6 Å². The van der Waals surface area contributed by atoms with Gasteiger partial charge in [-0.25, -0.2) is 15.0 Å². The van der Waals surface area contributed by atoms with Gasteiger partial charge in [-0.05, 0) is 53.6 Å². The van der Waals surface area contributed by atoms with E-state index in [0.29, 0.717) is 17.5 Å². The third-order valence-corrected chi connectivity index (χ3v) is 10.5. The van der Waals surface area contributed by atoms with Crippen molar-refractivity contribution < 1.29 is 0 Å². The van der Waals surface area contributed by atoms with Gasteiger partial charge in [-0.1, -0.05) is 127 Å². The fourth-order valence-corrected chi connectivity index (χ4v) is 8.19. The average molecular weight is 657 g/mol. The van der Waals surface area contributed by atoms with E-state index in [1.54, 1.807) is 0 Å². The summed E-state index contributed by atoms with van der Waals surface area (Å²) in [5, 5.41) is 5.06. The van der Waals surface area contributed by atoms with Crippen molar-refractivity contribution in [2.24, 2.45) is 0 Å². The lowest BCUT2D eigenvalue weighted by Gasteiger charge is -2.14.